The number of rotatable bonds is 17. The lowest BCUT2D eigenvalue weighted by Crippen LogP contribution is -2.20. The SMILES string of the molecule is C=C(CO)C(=O)OCCOc1cc(C#Cc2ccc(-c3ccc(CCCCF)cc3)cc2)cc(OCCOC(=O)C(C)CO)c1. The van der Waals surface area contributed by atoms with Crippen molar-refractivity contribution in [3.05, 3.63) is 95.6 Å². The molecule has 45 heavy (non-hydrogen) atoms. The minimum absolute atomic E-state index is 0.00577. The molecule has 1 unspecified atom stereocenters. The summed E-state index contributed by atoms with van der Waals surface area (Å²) in [7, 11) is 0. The Kier molecular flexibility index (Phi) is 14.6. The lowest BCUT2D eigenvalue weighted by Gasteiger charge is -2.12. The molecule has 0 amide bonds. The normalized spacial score (nSPS) is 11.1. The molecular formula is C36H39FO8. The van der Waals surface area contributed by atoms with E-state index in [1.165, 1.54) is 5.56 Å². The standard InChI is InChI=1S/C36H39FO8/c1-26(24-38)35(40)44-19-17-42-33-21-30(22-34(23-33)43-18-20-45-36(41)27(2)25-39)7-6-29-10-14-32(15-11-29)31-12-8-28(9-13-31)5-3-4-16-37/h8-15,21-23,27,38-39H,1,3-5,16-20,24-25H2,2H3. The van der Waals surface area contributed by atoms with Gasteiger partial charge in [0.05, 0.1) is 31.4 Å². The summed E-state index contributed by atoms with van der Waals surface area (Å²) in [5.41, 5.74) is 4.68. The highest BCUT2D eigenvalue weighted by Gasteiger charge is 2.13. The van der Waals surface area contributed by atoms with Crippen LogP contribution in [-0.2, 0) is 25.5 Å². The summed E-state index contributed by atoms with van der Waals surface area (Å²) >= 11 is 0. The van der Waals surface area contributed by atoms with E-state index in [9.17, 15) is 14.0 Å². The highest BCUT2D eigenvalue weighted by Crippen LogP contribution is 2.24. The summed E-state index contributed by atoms with van der Waals surface area (Å²) < 4.78 is 34.0. The van der Waals surface area contributed by atoms with Crippen LogP contribution >= 0.6 is 0 Å². The molecule has 0 saturated heterocycles. The number of benzene rings is 3. The van der Waals surface area contributed by atoms with Crippen molar-refractivity contribution in [2.45, 2.75) is 26.2 Å². The summed E-state index contributed by atoms with van der Waals surface area (Å²) in [5, 5.41) is 18.1. The molecule has 1 atom stereocenters. The highest BCUT2D eigenvalue weighted by molar-refractivity contribution is 5.87. The first kappa shape index (κ1) is 34.8. The molecule has 0 aliphatic heterocycles. The molecule has 3 rings (SSSR count). The van der Waals surface area contributed by atoms with Crippen LogP contribution < -0.4 is 9.47 Å². The first-order valence-electron chi connectivity index (χ1n) is 14.7. The highest BCUT2D eigenvalue weighted by atomic mass is 19.1. The third-order valence-electron chi connectivity index (χ3n) is 6.59. The largest absolute Gasteiger partial charge is 0.490 e. The third-order valence-corrected chi connectivity index (χ3v) is 6.59. The fourth-order valence-corrected chi connectivity index (χ4v) is 3.97. The second kappa shape index (κ2) is 18.9. The van der Waals surface area contributed by atoms with Gasteiger partial charge in [-0.3, -0.25) is 9.18 Å². The smallest absolute Gasteiger partial charge is 0.335 e. The van der Waals surface area contributed by atoms with E-state index >= 15 is 0 Å². The Labute approximate surface area is 263 Å². The van der Waals surface area contributed by atoms with Crippen molar-refractivity contribution in [2.75, 3.05) is 46.3 Å². The van der Waals surface area contributed by atoms with Gasteiger partial charge in [0.1, 0.15) is 37.9 Å². The van der Waals surface area contributed by atoms with Gasteiger partial charge in [-0.15, -0.1) is 0 Å². The molecule has 2 N–H and O–H groups in total. The Balaban J connectivity index is 1.68. The van der Waals surface area contributed by atoms with Crippen LogP contribution in [0.3, 0.4) is 0 Å². The van der Waals surface area contributed by atoms with E-state index in [0.717, 1.165) is 29.5 Å². The number of carbonyl (C=O) groups is 2. The van der Waals surface area contributed by atoms with Crippen LogP contribution in [0, 0.1) is 17.8 Å². The molecule has 0 aromatic heterocycles. The van der Waals surface area contributed by atoms with Crippen molar-refractivity contribution in [3.63, 3.8) is 0 Å². The van der Waals surface area contributed by atoms with Gasteiger partial charge in [0, 0.05) is 17.2 Å². The maximum atomic E-state index is 12.4. The predicted octanol–water partition coefficient (Wildman–Crippen LogP) is 5.07. The maximum Gasteiger partial charge on any atom is 0.335 e. The van der Waals surface area contributed by atoms with Crippen molar-refractivity contribution in [2.24, 2.45) is 5.92 Å². The second-order valence-electron chi connectivity index (χ2n) is 10.2. The van der Waals surface area contributed by atoms with Crippen LogP contribution in [0.5, 0.6) is 11.5 Å². The van der Waals surface area contributed by atoms with Gasteiger partial charge in [0.25, 0.3) is 0 Å². The minimum atomic E-state index is -0.706. The van der Waals surface area contributed by atoms with Gasteiger partial charge >= 0.3 is 11.9 Å². The number of aliphatic hydroxyl groups excluding tert-OH is 2. The number of unbranched alkanes of at least 4 members (excludes halogenated alkanes) is 1. The summed E-state index contributed by atoms with van der Waals surface area (Å²) in [5.74, 6) is 5.27. The molecule has 9 heteroatoms. The fraction of sp³-hybridized carbons (Fsp3) is 0.333. The molecule has 0 aliphatic carbocycles. The molecule has 3 aromatic carbocycles. The van der Waals surface area contributed by atoms with E-state index in [4.69, 9.17) is 29.2 Å². The predicted molar refractivity (Wildman–Crippen MR) is 169 cm³/mol. The lowest BCUT2D eigenvalue weighted by atomic mass is 10.0. The van der Waals surface area contributed by atoms with Crippen molar-refractivity contribution < 1.29 is 43.1 Å². The van der Waals surface area contributed by atoms with Crippen LogP contribution in [0.1, 0.15) is 36.5 Å². The Morgan fingerprint density at radius 2 is 1.38 bits per heavy atom. The minimum Gasteiger partial charge on any atom is -0.490 e. The number of hydrogen-bond donors (Lipinski definition) is 2. The van der Waals surface area contributed by atoms with Gasteiger partial charge in [-0.2, -0.15) is 0 Å². The molecule has 0 saturated carbocycles. The molecule has 0 radical (unpaired) electrons. The molecular weight excluding hydrogens is 579 g/mol. The van der Waals surface area contributed by atoms with Gasteiger partial charge in [0.15, 0.2) is 0 Å². The van der Waals surface area contributed by atoms with Crippen molar-refractivity contribution in [3.8, 4) is 34.5 Å². The van der Waals surface area contributed by atoms with Crippen LogP contribution in [0.15, 0.2) is 78.9 Å². The van der Waals surface area contributed by atoms with Crippen LogP contribution in [0.4, 0.5) is 4.39 Å². The van der Waals surface area contributed by atoms with E-state index in [0.29, 0.717) is 23.5 Å². The average Bonchev–Trinajstić information content (AvgIpc) is 3.07. The number of esters is 2. The fourth-order valence-electron chi connectivity index (χ4n) is 3.97. The van der Waals surface area contributed by atoms with Gasteiger partial charge in [-0.05, 0) is 67.1 Å². The van der Waals surface area contributed by atoms with Gasteiger partial charge in [0.2, 0.25) is 0 Å². The molecule has 0 spiro atoms. The Hall–Kier alpha value is -4.65. The lowest BCUT2D eigenvalue weighted by molar-refractivity contribution is -0.149. The number of carbonyl (C=O) groups excluding carboxylic acids is 2. The number of halogens is 1. The summed E-state index contributed by atoms with van der Waals surface area (Å²) in [4.78, 5) is 23.5. The van der Waals surface area contributed by atoms with Crippen LogP contribution in [0.2, 0.25) is 0 Å². The summed E-state index contributed by atoms with van der Waals surface area (Å²) in [6.45, 7) is 3.96. The third kappa shape index (κ3) is 12.1. The van der Waals surface area contributed by atoms with Crippen LogP contribution in [0.25, 0.3) is 11.1 Å². The average molecular weight is 619 g/mol. The molecule has 0 heterocycles. The van der Waals surface area contributed by atoms with Crippen molar-refractivity contribution in [1.29, 1.82) is 0 Å². The quantitative estimate of drug-likeness (QED) is 0.0935. The van der Waals surface area contributed by atoms with E-state index in [2.05, 4.69) is 42.7 Å². The van der Waals surface area contributed by atoms with Gasteiger partial charge in [-0.1, -0.05) is 54.8 Å². The van der Waals surface area contributed by atoms with E-state index in [1.54, 1.807) is 25.1 Å². The molecule has 238 valence electrons. The first-order valence-corrected chi connectivity index (χ1v) is 14.7. The van der Waals surface area contributed by atoms with Crippen LogP contribution in [-0.4, -0.2) is 68.5 Å². The first-order chi connectivity index (χ1) is 21.8. The molecule has 0 bridgehead atoms. The second-order valence-corrected chi connectivity index (χ2v) is 10.2. The Morgan fingerprint density at radius 1 is 0.800 bits per heavy atom. The monoisotopic (exact) mass is 618 g/mol. The number of ether oxygens (including phenoxy) is 4. The van der Waals surface area contributed by atoms with Gasteiger partial charge in [-0.25, -0.2) is 4.79 Å². The molecule has 0 fully saturated rings. The number of aliphatic hydroxyl groups is 2. The Morgan fingerprint density at radius 3 is 1.96 bits per heavy atom. The van der Waals surface area contributed by atoms with Gasteiger partial charge < -0.3 is 29.2 Å². The Bertz CT molecular complexity index is 1460. The zero-order valence-corrected chi connectivity index (χ0v) is 25.4. The van der Waals surface area contributed by atoms with E-state index in [-0.39, 0.29) is 45.3 Å². The zero-order chi connectivity index (χ0) is 32.4. The number of alkyl halides is 1. The molecule has 3 aromatic rings. The number of hydrogen-bond acceptors (Lipinski definition) is 8. The molecule has 0 aliphatic rings. The van der Waals surface area contributed by atoms with Crippen molar-refractivity contribution in [1.82, 2.24) is 0 Å². The molecule has 8 nitrogen and oxygen atoms in total. The van der Waals surface area contributed by atoms with E-state index in [1.807, 2.05) is 24.3 Å². The maximum absolute atomic E-state index is 12.4. The zero-order valence-electron chi connectivity index (χ0n) is 25.4. The topological polar surface area (TPSA) is 112 Å². The number of aryl methyl sites for hydroxylation is 1. The summed E-state index contributed by atoms with van der Waals surface area (Å²) in [6, 6.07) is 21.2. The van der Waals surface area contributed by atoms with Crippen molar-refractivity contribution >= 4 is 11.9 Å². The van der Waals surface area contributed by atoms with E-state index < -0.39 is 24.5 Å². The summed E-state index contributed by atoms with van der Waals surface area (Å²) in [6.07, 6.45) is 2.28.